The first-order chi connectivity index (χ1) is 18.1. The van der Waals surface area contributed by atoms with Crippen molar-refractivity contribution in [1.29, 1.82) is 0 Å². The summed E-state index contributed by atoms with van der Waals surface area (Å²) in [5.41, 5.74) is 11.5. The van der Waals surface area contributed by atoms with E-state index in [0.29, 0.717) is 13.1 Å². The smallest absolute Gasteiger partial charge is 0.400 e. The summed E-state index contributed by atoms with van der Waals surface area (Å²) in [7, 11) is -2.82. The second kappa shape index (κ2) is 13.7. The molecule has 198 valence electrons. The zero-order valence-electron chi connectivity index (χ0n) is 22.1. The highest BCUT2D eigenvalue weighted by atomic mass is 28.5. The Morgan fingerprint density at radius 1 is 0.757 bits per heavy atom. The predicted molar refractivity (Wildman–Crippen MR) is 162 cm³/mol. The molecule has 0 fully saturated rings. The van der Waals surface area contributed by atoms with Crippen molar-refractivity contribution in [2.24, 2.45) is 11.5 Å². The molecule has 6 nitrogen and oxygen atoms in total. The van der Waals surface area contributed by atoms with Gasteiger partial charge in [-0.3, -0.25) is 0 Å². The molecular weight excluding hydrogens is 513 g/mol. The van der Waals surface area contributed by atoms with Crippen molar-refractivity contribution in [1.82, 2.24) is 0 Å². The van der Waals surface area contributed by atoms with Gasteiger partial charge in [-0.05, 0) is 87.7 Å². The first-order valence-corrected chi connectivity index (χ1v) is 18.4. The second-order valence-electron chi connectivity index (χ2n) is 9.43. The van der Waals surface area contributed by atoms with Gasteiger partial charge in [-0.25, -0.2) is 0 Å². The first-order valence-electron chi connectivity index (χ1n) is 13.3. The largest absolute Gasteiger partial charge is 0.657 e. The van der Waals surface area contributed by atoms with Crippen LogP contribution in [0.4, 0.5) is 0 Å². The van der Waals surface area contributed by atoms with Crippen LogP contribution in [-0.4, -0.2) is 55.2 Å². The highest BCUT2D eigenvalue weighted by Gasteiger charge is 2.45. The normalized spacial score (nSPS) is 13.4. The second-order valence-corrected chi connectivity index (χ2v) is 16.6. The van der Waals surface area contributed by atoms with Gasteiger partial charge in [0.15, 0.2) is 9.76 Å². The SMILES string of the molecule is CO[Si](OC)(O[SiH2]CCCCN)O[SiH](CCCCN)c1cccc2ccc3cc4ccccc4cc3c12. The molecule has 1 unspecified atom stereocenters. The summed E-state index contributed by atoms with van der Waals surface area (Å²) in [5.74, 6) is 0. The van der Waals surface area contributed by atoms with Crippen LogP contribution in [0.25, 0.3) is 32.3 Å². The Morgan fingerprint density at radius 3 is 2.16 bits per heavy atom. The highest BCUT2D eigenvalue weighted by Crippen LogP contribution is 2.30. The average Bonchev–Trinajstić information content (AvgIpc) is 2.94. The molecule has 0 aliphatic heterocycles. The number of fused-ring (bicyclic) bond motifs is 4. The monoisotopic (exact) mass is 552 g/mol. The van der Waals surface area contributed by atoms with Gasteiger partial charge >= 0.3 is 9.05 Å². The number of nitrogens with two attached hydrogens (primary N) is 2. The van der Waals surface area contributed by atoms with Gasteiger partial charge in [-0.15, -0.1) is 0 Å². The molecule has 4 rings (SSSR count). The maximum absolute atomic E-state index is 6.90. The van der Waals surface area contributed by atoms with Gasteiger partial charge in [0.1, 0.15) is 0 Å². The van der Waals surface area contributed by atoms with Gasteiger partial charge in [-0.1, -0.05) is 67.4 Å². The molecule has 0 aromatic heterocycles. The molecule has 0 saturated carbocycles. The number of hydrogen-bond donors (Lipinski definition) is 2. The summed E-state index contributed by atoms with van der Waals surface area (Å²) in [5, 5.41) is 8.74. The van der Waals surface area contributed by atoms with Crippen LogP contribution < -0.4 is 16.7 Å². The van der Waals surface area contributed by atoms with Crippen molar-refractivity contribution in [2.45, 2.75) is 37.8 Å². The summed E-state index contributed by atoms with van der Waals surface area (Å²) in [6.45, 7) is 1.38. The van der Waals surface area contributed by atoms with Gasteiger partial charge in [0.05, 0.1) is 0 Å². The lowest BCUT2D eigenvalue weighted by Gasteiger charge is -2.31. The first kappa shape index (κ1) is 28.1. The number of unbranched alkanes of at least 4 members (excludes halogenated alkanes) is 2. The Hall–Kier alpha value is -1.93. The van der Waals surface area contributed by atoms with E-state index in [9.17, 15) is 0 Å². The van der Waals surface area contributed by atoms with Gasteiger partial charge in [0.2, 0.25) is 9.04 Å². The fraction of sp³-hybridized carbons (Fsp3) is 0.357. The molecule has 4 N–H and O–H groups in total. The molecule has 0 bridgehead atoms. The lowest BCUT2D eigenvalue weighted by Crippen LogP contribution is -2.54. The summed E-state index contributed by atoms with van der Waals surface area (Å²) >= 11 is 0. The molecule has 4 aromatic carbocycles. The molecule has 4 aromatic rings. The molecule has 0 spiro atoms. The van der Waals surface area contributed by atoms with Gasteiger partial charge < -0.3 is 28.5 Å². The van der Waals surface area contributed by atoms with Crippen molar-refractivity contribution in [3.63, 3.8) is 0 Å². The molecule has 0 amide bonds. The average molecular weight is 553 g/mol. The van der Waals surface area contributed by atoms with Crippen LogP contribution in [0.2, 0.25) is 12.1 Å². The molecule has 37 heavy (non-hydrogen) atoms. The number of benzene rings is 4. The van der Waals surface area contributed by atoms with Gasteiger partial charge in [0, 0.05) is 14.2 Å². The Bertz CT molecular complexity index is 1300. The quantitative estimate of drug-likeness (QED) is 0.101. The fourth-order valence-electron chi connectivity index (χ4n) is 4.98. The van der Waals surface area contributed by atoms with E-state index < -0.39 is 27.9 Å². The molecule has 0 saturated heterocycles. The summed E-state index contributed by atoms with van der Waals surface area (Å²) in [6, 6.07) is 26.1. The van der Waals surface area contributed by atoms with E-state index in [4.69, 9.17) is 28.5 Å². The van der Waals surface area contributed by atoms with E-state index in [0.717, 1.165) is 37.8 Å². The van der Waals surface area contributed by atoms with Crippen molar-refractivity contribution in [2.75, 3.05) is 27.3 Å². The molecule has 0 radical (unpaired) electrons. The minimum atomic E-state index is -3.25. The van der Waals surface area contributed by atoms with E-state index in [1.807, 2.05) is 0 Å². The van der Waals surface area contributed by atoms with Crippen molar-refractivity contribution in [3.8, 4) is 0 Å². The van der Waals surface area contributed by atoms with E-state index >= 15 is 0 Å². The van der Waals surface area contributed by atoms with Crippen LogP contribution in [0.15, 0.2) is 66.7 Å². The molecule has 0 aliphatic rings. The fourth-order valence-corrected chi connectivity index (χ4v) is 14.2. The maximum atomic E-state index is 6.90. The molecule has 0 aliphatic carbocycles. The highest BCUT2D eigenvalue weighted by molar-refractivity contribution is 6.79. The van der Waals surface area contributed by atoms with Crippen LogP contribution in [-0.2, 0) is 17.1 Å². The van der Waals surface area contributed by atoms with Crippen LogP contribution >= 0.6 is 0 Å². The predicted octanol–water partition coefficient (Wildman–Crippen LogP) is 3.82. The zero-order valence-corrected chi connectivity index (χ0v) is 25.6. The van der Waals surface area contributed by atoms with Crippen LogP contribution in [0, 0.1) is 0 Å². The lowest BCUT2D eigenvalue weighted by molar-refractivity contribution is 0.0842. The van der Waals surface area contributed by atoms with Crippen LogP contribution in [0.5, 0.6) is 0 Å². The summed E-state index contributed by atoms with van der Waals surface area (Å²) < 4.78 is 25.1. The molecular formula is C28H40N2O4Si3. The van der Waals surface area contributed by atoms with E-state index in [2.05, 4.69) is 66.7 Å². The third kappa shape index (κ3) is 6.75. The Morgan fingerprint density at radius 2 is 1.43 bits per heavy atom. The van der Waals surface area contributed by atoms with Crippen LogP contribution in [0.1, 0.15) is 25.7 Å². The summed E-state index contributed by atoms with van der Waals surface area (Å²) in [4.78, 5) is 0. The molecule has 1 atom stereocenters. The van der Waals surface area contributed by atoms with Gasteiger partial charge in [-0.2, -0.15) is 0 Å². The van der Waals surface area contributed by atoms with Crippen LogP contribution in [0.3, 0.4) is 0 Å². The Labute approximate surface area is 225 Å². The standard InChI is InChI=1S/C28H40N2O4Si3/c1-31-37(32-2,33-35-18-7-5-16-29)34-36(19-8-6-17-30)27-13-9-12-22-14-15-25-20-23-10-3-4-11-24(23)21-26(25)28(22)27/h3-4,9-15,20-21,36H,5-8,16-19,29-30,35H2,1-2H3. The van der Waals surface area contributed by atoms with Crippen molar-refractivity contribution < 1.29 is 17.1 Å². The van der Waals surface area contributed by atoms with Crippen molar-refractivity contribution >= 4 is 65.4 Å². The van der Waals surface area contributed by atoms with E-state index in [1.54, 1.807) is 14.2 Å². The number of rotatable bonds is 15. The van der Waals surface area contributed by atoms with Gasteiger partial charge in [0.25, 0.3) is 0 Å². The maximum Gasteiger partial charge on any atom is 0.657 e. The zero-order chi connectivity index (χ0) is 26.1. The minimum Gasteiger partial charge on any atom is -0.400 e. The lowest BCUT2D eigenvalue weighted by atomic mass is 9.98. The Balaban J connectivity index is 1.76. The topological polar surface area (TPSA) is 89.0 Å². The van der Waals surface area contributed by atoms with E-state index in [-0.39, 0.29) is 0 Å². The third-order valence-corrected chi connectivity index (χ3v) is 15.4. The number of hydrogen-bond acceptors (Lipinski definition) is 6. The minimum absolute atomic E-state index is 0.674. The van der Waals surface area contributed by atoms with E-state index in [1.165, 1.54) is 37.5 Å². The summed E-state index contributed by atoms with van der Waals surface area (Å²) in [6.07, 6.45) is 4.05. The van der Waals surface area contributed by atoms with Crippen molar-refractivity contribution in [3.05, 3.63) is 66.7 Å². The molecule has 9 heteroatoms. The molecule has 0 heterocycles. The Kier molecular flexibility index (Phi) is 10.4. The third-order valence-electron chi connectivity index (χ3n) is 6.94.